The van der Waals surface area contributed by atoms with Crippen LogP contribution in [0.5, 0.6) is 5.75 Å². The maximum Gasteiger partial charge on any atom is 0.254 e. The van der Waals surface area contributed by atoms with Gasteiger partial charge in [-0.3, -0.25) is 4.79 Å². The summed E-state index contributed by atoms with van der Waals surface area (Å²) in [7, 11) is 0. The fourth-order valence-corrected chi connectivity index (χ4v) is 1.60. The Kier molecular flexibility index (Phi) is 5.26. The first-order valence-electron chi connectivity index (χ1n) is 5.96. The van der Waals surface area contributed by atoms with Crippen LogP contribution in [-0.4, -0.2) is 40.0 Å². The number of aromatic hydroxyl groups is 1. The molecule has 5 nitrogen and oxygen atoms in total. The van der Waals surface area contributed by atoms with E-state index in [0.29, 0.717) is 12.8 Å². The molecule has 19 heavy (non-hydrogen) atoms. The van der Waals surface area contributed by atoms with E-state index >= 15 is 0 Å². The molecule has 0 fully saturated rings. The number of phenolic OH excluding ortho intramolecular Hbond substituents is 1. The van der Waals surface area contributed by atoms with Crippen LogP contribution in [0.2, 0.25) is 0 Å². The minimum atomic E-state index is -1.17. The monoisotopic (exact) mass is 271 g/mol. The van der Waals surface area contributed by atoms with Crippen molar-refractivity contribution in [2.75, 3.05) is 13.2 Å². The molecule has 0 bridgehead atoms. The topological polar surface area (TPSA) is 89.8 Å². The normalized spacial score (nSPS) is 13.9. The number of amides is 1. The summed E-state index contributed by atoms with van der Waals surface area (Å²) in [5.41, 5.74) is -1.45. The third-order valence-electron chi connectivity index (χ3n) is 2.70. The molecule has 0 saturated heterocycles. The highest BCUT2D eigenvalue weighted by Gasteiger charge is 2.22. The number of carbonyl (C=O) groups excluding carboxylic acids is 1. The summed E-state index contributed by atoms with van der Waals surface area (Å²) in [6, 6.07) is 3.16. The predicted molar refractivity (Wildman–Crippen MR) is 67.3 cm³/mol. The molecule has 0 spiro atoms. The number of aliphatic hydroxyl groups is 2. The summed E-state index contributed by atoms with van der Waals surface area (Å²) in [5.74, 6) is -1.67. The van der Waals surface area contributed by atoms with E-state index in [1.807, 2.05) is 0 Å². The van der Waals surface area contributed by atoms with Gasteiger partial charge in [0.05, 0.1) is 11.2 Å². The zero-order valence-electron chi connectivity index (χ0n) is 10.7. The number of rotatable bonds is 6. The molecule has 0 saturated carbocycles. The van der Waals surface area contributed by atoms with E-state index in [1.165, 1.54) is 6.92 Å². The molecule has 0 heterocycles. The van der Waals surface area contributed by atoms with Crippen LogP contribution in [0, 0.1) is 5.82 Å². The van der Waals surface area contributed by atoms with Gasteiger partial charge in [0.2, 0.25) is 0 Å². The average Bonchev–Trinajstić information content (AvgIpc) is 2.36. The maximum atomic E-state index is 13.4. The highest BCUT2D eigenvalue weighted by atomic mass is 19.1. The lowest BCUT2D eigenvalue weighted by molar-refractivity contribution is 0.0414. The molecule has 0 aliphatic rings. The molecular formula is C13H18FNO4. The first kappa shape index (κ1) is 15.4. The molecule has 1 rings (SSSR count). The lowest BCUT2D eigenvalue weighted by Crippen LogP contribution is -2.41. The van der Waals surface area contributed by atoms with E-state index < -0.39 is 17.3 Å². The van der Waals surface area contributed by atoms with Crippen molar-refractivity contribution < 1.29 is 24.5 Å². The van der Waals surface area contributed by atoms with Crippen molar-refractivity contribution in [3.8, 4) is 5.75 Å². The third-order valence-corrected chi connectivity index (χ3v) is 2.70. The highest BCUT2D eigenvalue weighted by molar-refractivity contribution is 5.94. The van der Waals surface area contributed by atoms with Gasteiger partial charge in [0.15, 0.2) is 0 Å². The van der Waals surface area contributed by atoms with Crippen LogP contribution >= 0.6 is 0 Å². The summed E-state index contributed by atoms with van der Waals surface area (Å²) < 4.78 is 13.4. The minimum Gasteiger partial charge on any atom is -0.508 e. The lowest BCUT2D eigenvalue weighted by Gasteiger charge is -2.23. The van der Waals surface area contributed by atoms with Gasteiger partial charge in [-0.05, 0) is 38.0 Å². The number of hydrogen-bond acceptors (Lipinski definition) is 4. The van der Waals surface area contributed by atoms with Crippen LogP contribution in [0.25, 0.3) is 0 Å². The molecule has 106 valence electrons. The lowest BCUT2D eigenvalue weighted by atomic mass is 10.0. The molecule has 0 aliphatic carbocycles. The standard InChI is InChI=1S/C13H18FNO4/c1-13(19,5-2-6-16)8-15-12(18)10-7-9(17)3-4-11(10)14/h3-4,7,16-17,19H,2,5-6,8H2,1H3,(H,15,18). The highest BCUT2D eigenvalue weighted by Crippen LogP contribution is 2.16. The second-order valence-electron chi connectivity index (χ2n) is 4.67. The number of hydrogen-bond donors (Lipinski definition) is 4. The Morgan fingerprint density at radius 3 is 2.79 bits per heavy atom. The largest absolute Gasteiger partial charge is 0.508 e. The van der Waals surface area contributed by atoms with Crippen molar-refractivity contribution in [1.29, 1.82) is 0 Å². The number of phenols is 1. The second-order valence-corrected chi connectivity index (χ2v) is 4.67. The Bertz CT molecular complexity index is 448. The van der Waals surface area contributed by atoms with Crippen LogP contribution < -0.4 is 5.32 Å². The first-order chi connectivity index (χ1) is 8.85. The molecule has 1 aromatic rings. The van der Waals surface area contributed by atoms with Crippen LogP contribution in [0.4, 0.5) is 4.39 Å². The fourth-order valence-electron chi connectivity index (χ4n) is 1.60. The summed E-state index contributed by atoms with van der Waals surface area (Å²) in [4.78, 5) is 11.7. The van der Waals surface area contributed by atoms with Crippen molar-refractivity contribution >= 4 is 5.91 Å². The molecule has 1 unspecified atom stereocenters. The van der Waals surface area contributed by atoms with Crippen LogP contribution in [0.1, 0.15) is 30.1 Å². The number of benzene rings is 1. The second kappa shape index (κ2) is 6.49. The van der Waals surface area contributed by atoms with E-state index in [1.54, 1.807) is 0 Å². The summed E-state index contributed by atoms with van der Waals surface area (Å²) in [6.45, 7) is 1.40. The first-order valence-corrected chi connectivity index (χ1v) is 5.96. The maximum absolute atomic E-state index is 13.4. The Labute approximate surface area is 110 Å². The third kappa shape index (κ3) is 4.84. The molecule has 1 amide bonds. The molecule has 1 aromatic carbocycles. The smallest absolute Gasteiger partial charge is 0.254 e. The van der Waals surface area contributed by atoms with E-state index in [2.05, 4.69) is 5.32 Å². The quantitative estimate of drug-likeness (QED) is 0.615. The molecule has 6 heteroatoms. The Balaban J connectivity index is 2.62. The summed E-state index contributed by atoms with van der Waals surface area (Å²) >= 11 is 0. The Morgan fingerprint density at radius 1 is 1.47 bits per heavy atom. The van der Waals surface area contributed by atoms with Crippen LogP contribution in [0.3, 0.4) is 0 Å². The van der Waals surface area contributed by atoms with Gasteiger partial charge in [-0.15, -0.1) is 0 Å². The van der Waals surface area contributed by atoms with Crippen molar-refractivity contribution in [1.82, 2.24) is 5.32 Å². The van der Waals surface area contributed by atoms with E-state index in [4.69, 9.17) is 5.11 Å². The summed E-state index contributed by atoms with van der Waals surface area (Å²) in [5, 5.41) is 30.2. The average molecular weight is 271 g/mol. The van der Waals surface area contributed by atoms with E-state index in [0.717, 1.165) is 18.2 Å². The molecule has 1 atom stereocenters. The van der Waals surface area contributed by atoms with Crippen LogP contribution in [-0.2, 0) is 0 Å². The molecule has 0 aromatic heterocycles. The number of nitrogens with one attached hydrogen (secondary N) is 1. The van der Waals surface area contributed by atoms with Crippen molar-refractivity contribution in [3.63, 3.8) is 0 Å². The van der Waals surface area contributed by atoms with Crippen molar-refractivity contribution in [3.05, 3.63) is 29.6 Å². The molecule has 0 aliphatic heterocycles. The van der Waals surface area contributed by atoms with Crippen LogP contribution in [0.15, 0.2) is 18.2 Å². The van der Waals surface area contributed by atoms with Gasteiger partial charge in [-0.25, -0.2) is 4.39 Å². The Morgan fingerprint density at radius 2 is 2.16 bits per heavy atom. The Hall–Kier alpha value is -1.66. The molecular weight excluding hydrogens is 253 g/mol. The van der Waals surface area contributed by atoms with Crippen molar-refractivity contribution in [2.24, 2.45) is 0 Å². The molecule has 0 radical (unpaired) electrons. The van der Waals surface area contributed by atoms with Gasteiger partial charge >= 0.3 is 0 Å². The summed E-state index contributed by atoms with van der Waals surface area (Å²) in [6.07, 6.45) is 0.718. The van der Waals surface area contributed by atoms with Gasteiger partial charge in [0, 0.05) is 13.2 Å². The number of halogens is 1. The fraction of sp³-hybridized carbons (Fsp3) is 0.462. The van der Waals surface area contributed by atoms with E-state index in [-0.39, 0.29) is 24.5 Å². The van der Waals surface area contributed by atoms with Crippen molar-refractivity contribution in [2.45, 2.75) is 25.4 Å². The van der Waals surface area contributed by atoms with Gasteiger partial charge in [-0.2, -0.15) is 0 Å². The number of aliphatic hydroxyl groups excluding tert-OH is 1. The molecule has 4 N–H and O–H groups in total. The number of carbonyl (C=O) groups is 1. The predicted octanol–water partition coefficient (Wildman–Crippen LogP) is 0.785. The minimum absolute atomic E-state index is 0.0503. The van der Waals surface area contributed by atoms with Gasteiger partial charge in [-0.1, -0.05) is 0 Å². The van der Waals surface area contributed by atoms with Gasteiger partial charge < -0.3 is 20.6 Å². The SMILES string of the molecule is CC(O)(CCCO)CNC(=O)c1cc(O)ccc1F. The van der Waals surface area contributed by atoms with E-state index in [9.17, 15) is 19.4 Å². The van der Waals surface area contributed by atoms with Gasteiger partial charge in [0.25, 0.3) is 5.91 Å². The van der Waals surface area contributed by atoms with Gasteiger partial charge in [0.1, 0.15) is 11.6 Å². The zero-order chi connectivity index (χ0) is 14.5. The zero-order valence-corrected chi connectivity index (χ0v) is 10.7.